The Morgan fingerprint density at radius 2 is 2.05 bits per heavy atom. The molecule has 0 bridgehead atoms. The van der Waals surface area contributed by atoms with E-state index in [0.29, 0.717) is 14.5 Å². The maximum absolute atomic E-state index is 6.19. The average Bonchev–Trinajstić information content (AvgIpc) is 2.89. The molecule has 3 aromatic rings. The van der Waals surface area contributed by atoms with Gasteiger partial charge in [0.2, 0.25) is 0 Å². The number of hydrogen-bond acceptors (Lipinski definition) is 1. The van der Waals surface area contributed by atoms with Gasteiger partial charge in [-0.3, -0.25) is 0 Å². The van der Waals surface area contributed by atoms with E-state index in [2.05, 4.69) is 65.9 Å². The molecule has 1 aromatic heterocycles. The van der Waals surface area contributed by atoms with E-state index in [1.54, 1.807) is 8.87 Å². The second kappa shape index (κ2) is 6.03. The predicted octanol–water partition coefficient (Wildman–Crippen LogP) is 5.40. The molecule has 1 aliphatic rings. The molecule has 0 saturated carbocycles. The van der Waals surface area contributed by atoms with Crippen molar-refractivity contribution in [2.45, 2.75) is 32.8 Å². The van der Waals surface area contributed by atoms with Crippen LogP contribution in [0.15, 0.2) is 36.4 Å². The molecule has 22 heavy (non-hydrogen) atoms. The van der Waals surface area contributed by atoms with E-state index in [4.69, 9.17) is 4.74 Å². The first-order valence-electron chi connectivity index (χ1n) is 7.74. The molecule has 1 aliphatic heterocycles. The minimum absolute atomic E-state index is 0.474. The first kappa shape index (κ1) is 14.8. The Balaban J connectivity index is 1.89. The molecule has 4 rings (SSSR count). The van der Waals surface area contributed by atoms with Gasteiger partial charge in [-0.15, -0.1) is 0 Å². The first-order chi connectivity index (χ1) is 10.8. The van der Waals surface area contributed by atoms with Gasteiger partial charge in [-0.05, 0) is 0 Å². The van der Waals surface area contributed by atoms with Gasteiger partial charge >= 0.3 is 151 Å². The third kappa shape index (κ3) is 2.34. The SMILES string of the molecule is CCCCc1[se]c2c(c1I)COc1c-2ccc2ccccc12. The van der Waals surface area contributed by atoms with Crippen molar-refractivity contribution in [1.82, 2.24) is 0 Å². The van der Waals surface area contributed by atoms with Gasteiger partial charge in [0.15, 0.2) is 0 Å². The van der Waals surface area contributed by atoms with E-state index in [0.717, 1.165) is 12.4 Å². The van der Waals surface area contributed by atoms with Gasteiger partial charge < -0.3 is 0 Å². The van der Waals surface area contributed by atoms with Crippen LogP contribution in [0.1, 0.15) is 29.8 Å². The Bertz CT molecular complexity index is 850. The molecule has 2 heterocycles. The normalized spacial score (nSPS) is 12.8. The number of hydrogen-bond donors (Lipinski definition) is 0. The molecular weight excluding hydrogens is 450 g/mol. The molecule has 2 aromatic carbocycles. The Morgan fingerprint density at radius 1 is 1.18 bits per heavy atom. The second-order valence-electron chi connectivity index (χ2n) is 5.70. The Kier molecular flexibility index (Phi) is 4.05. The van der Waals surface area contributed by atoms with Crippen LogP contribution in [0.2, 0.25) is 0 Å². The number of ether oxygens (including phenoxy) is 1. The number of aryl methyl sites for hydroxylation is 1. The van der Waals surface area contributed by atoms with Gasteiger partial charge in [-0.2, -0.15) is 0 Å². The van der Waals surface area contributed by atoms with Crippen molar-refractivity contribution in [3.8, 4) is 15.8 Å². The predicted molar refractivity (Wildman–Crippen MR) is 102 cm³/mol. The number of benzene rings is 2. The standard InChI is InChI=1S/C19H17IOSe/c1-2-3-8-16-17(20)15-11-21-18-13-7-5-4-6-12(13)9-10-14(18)19(15)22-16/h4-7,9-10H,2-3,8,11H2,1H3. The van der Waals surface area contributed by atoms with Crippen molar-refractivity contribution >= 4 is 47.9 Å². The molecule has 0 radical (unpaired) electrons. The molecule has 0 fully saturated rings. The number of fused-ring (bicyclic) bond motifs is 5. The maximum atomic E-state index is 6.19. The van der Waals surface area contributed by atoms with E-state index in [1.165, 1.54) is 44.7 Å². The summed E-state index contributed by atoms with van der Waals surface area (Å²) in [5.41, 5.74) is 2.79. The van der Waals surface area contributed by atoms with E-state index < -0.39 is 0 Å². The Morgan fingerprint density at radius 3 is 2.91 bits per heavy atom. The molecule has 3 heteroatoms. The van der Waals surface area contributed by atoms with Crippen molar-refractivity contribution in [2.24, 2.45) is 0 Å². The summed E-state index contributed by atoms with van der Waals surface area (Å²) in [6, 6.07) is 13.0. The summed E-state index contributed by atoms with van der Waals surface area (Å²) in [5.74, 6) is 1.10. The van der Waals surface area contributed by atoms with E-state index in [9.17, 15) is 0 Å². The molecule has 0 N–H and O–H groups in total. The van der Waals surface area contributed by atoms with Crippen molar-refractivity contribution in [3.05, 3.63) is 50.0 Å². The average molecular weight is 467 g/mol. The zero-order chi connectivity index (χ0) is 15.1. The summed E-state index contributed by atoms with van der Waals surface area (Å²) < 4.78 is 10.9. The summed E-state index contributed by atoms with van der Waals surface area (Å²) in [5, 5.41) is 2.52. The van der Waals surface area contributed by atoms with E-state index in [1.807, 2.05) is 0 Å². The summed E-state index contributed by atoms with van der Waals surface area (Å²) in [6.07, 6.45) is 3.83. The van der Waals surface area contributed by atoms with Crippen LogP contribution < -0.4 is 4.74 Å². The van der Waals surface area contributed by atoms with Gasteiger partial charge in [0.05, 0.1) is 0 Å². The summed E-state index contributed by atoms with van der Waals surface area (Å²) in [4.78, 5) is 0. The zero-order valence-electron chi connectivity index (χ0n) is 12.5. The Hall–Kier alpha value is -0.771. The molecule has 0 spiro atoms. The molecule has 1 nitrogen and oxygen atoms in total. The van der Waals surface area contributed by atoms with Crippen LogP contribution in [0.4, 0.5) is 0 Å². The van der Waals surface area contributed by atoms with Crippen LogP contribution in [-0.2, 0) is 13.0 Å². The first-order valence-corrected chi connectivity index (χ1v) is 10.5. The topological polar surface area (TPSA) is 9.23 Å². The van der Waals surface area contributed by atoms with Crippen LogP contribution in [0.25, 0.3) is 20.8 Å². The van der Waals surface area contributed by atoms with Crippen molar-refractivity contribution in [2.75, 3.05) is 0 Å². The molecule has 0 unspecified atom stereocenters. The Labute approximate surface area is 150 Å². The van der Waals surface area contributed by atoms with Crippen LogP contribution in [0, 0.1) is 3.57 Å². The fraction of sp³-hybridized carbons (Fsp3) is 0.263. The summed E-state index contributed by atoms with van der Waals surface area (Å²) in [6.45, 7) is 3.01. The minimum atomic E-state index is 0.474. The monoisotopic (exact) mass is 468 g/mol. The third-order valence-electron chi connectivity index (χ3n) is 4.25. The molecular formula is C19H17IOSe. The van der Waals surface area contributed by atoms with Gasteiger partial charge in [-0.25, -0.2) is 0 Å². The fourth-order valence-corrected chi connectivity index (χ4v) is 7.39. The van der Waals surface area contributed by atoms with E-state index in [-0.39, 0.29) is 0 Å². The van der Waals surface area contributed by atoms with Crippen LogP contribution in [-0.4, -0.2) is 14.5 Å². The molecule has 0 atom stereocenters. The fourth-order valence-electron chi connectivity index (χ4n) is 3.06. The van der Waals surface area contributed by atoms with Crippen molar-refractivity contribution in [3.63, 3.8) is 0 Å². The molecule has 0 aliphatic carbocycles. The van der Waals surface area contributed by atoms with Crippen LogP contribution >= 0.6 is 22.6 Å². The third-order valence-corrected chi connectivity index (χ3v) is 9.16. The zero-order valence-corrected chi connectivity index (χ0v) is 16.4. The second-order valence-corrected chi connectivity index (χ2v) is 9.10. The van der Waals surface area contributed by atoms with Crippen LogP contribution in [0.5, 0.6) is 5.75 Å². The van der Waals surface area contributed by atoms with Crippen molar-refractivity contribution < 1.29 is 4.74 Å². The summed E-state index contributed by atoms with van der Waals surface area (Å²) >= 11 is 3.02. The van der Waals surface area contributed by atoms with E-state index >= 15 is 0 Å². The molecule has 0 saturated heterocycles. The van der Waals surface area contributed by atoms with Crippen LogP contribution in [0.3, 0.4) is 0 Å². The molecule has 112 valence electrons. The van der Waals surface area contributed by atoms with Gasteiger partial charge in [0.1, 0.15) is 0 Å². The van der Waals surface area contributed by atoms with Gasteiger partial charge in [0, 0.05) is 0 Å². The van der Waals surface area contributed by atoms with Gasteiger partial charge in [-0.1, -0.05) is 0 Å². The number of halogens is 1. The quantitative estimate of drug-likeness (QED) is 0.370. The molecule has 0 amide bonds. The van der Waals surface area contributed by atoms with Crippen molar-refractivity contribution in [1.29, 1.82) is 0 Å². The summed E-state index contributed by atoms with van der Waals surface area (Å²) in [7, 11) is 0. The van der Waals surface area contributed by atoms with Gasteiger partial charge in [0.25, 0.3) is 0 Å². The number of unbranched alkanes of at least 4 members (excludes halogenated alkanes) is 1. The number of rotatable bonds is 3.